The number of nitrogens with one attached hydrogen (secondary N) is 1. The third kappa shape index (κ3) is 5.82. The maximum Gasteiger partial charge on any atom is 0.326 e. The van der Waals surface area contributed by atoms with Crippen molar-refractivity contribution in [2.75, 3.05) is 18.6 Å². The van der Waals surface area contributed by atoms with Crippen LogP contribution in [-0.4, -0.2) is 58.6 Å². The van der Waals surface area contributed by atoms with Gasteiger partial charge in [0.25, 0.3) is 0 Å². The average Bonchev–Trinajstić information content (AvgIpc) is 2.93. The zero-order valence-electron chi connectivity index (χ0n) is 12.2. The monoisotopic (exact) mass is 317 g/mol. The summed E-state index contributed by atoms with van der Waals surface area (Å²) in [6, 6.07) is -1.50. The molecule has 0 aromatic heterocycles. The number of carbonyl (C=O) groups excluding carboxylic acids is 2. The van der Waals surface area contributed by atoms with E-state index in [1.54, 1.807) is 0 Å². The molecule has 1 saturated carbocycles. The van der Waals surface area contributed by atoms with E-state index in [9.17, 15) is 14.4 Å². The fourth-order valence-electron chi connectivity index (χ4n) is 2.48. The van der Waals surface area contributed by atoms with Gasteiger partial charge in [0.2, 0.25) is 5.91 Å². The van der Waals surface area contributed by atoms with Crippen LogP contribution in [0.15, 0.2) is 0 Å². The standard InChI is InChI=1S/C13H23N3O4S/c1-21-7-6-10(12(18)19)15-13(20)16(8-11(14)17)9-4-2-3-5-9/h9-10H,2-8H2,1H3,(H2,14,17)(H,15,20)(H,18,19)/t10-/m0/s1. The van der Waals surface area contributed by atoms with E-state index in [2.05, 4.69) is 5.32 Å². The molecule has 0 aromatic rings. The lowest BCUT2D eigenvalue weighted by Crippen LogP contribution is -2.53. The fraction of sp³-hybridized carbons (Fsp3) is 0.769. The minimum Gasteiger partial charge on any atom is -0.480 e. The molecule has 4 N–H and O–H groups in total. The largest absolute Gasteiger partial charge is 0.480 e. The fourth-order valence-corrected chi connectivity index (χ4v) is 2.95. The number of carboxylic acid groups (broad SMARTS) is 1. The maximum atomic E-state index is 12.3. The van der Waals surface area contributed by atoms with E-state index in [1.165, 1.54) is 16.7 Å². The zero-order chi connectivity index (χ0) is 15.8. The van der Waals surface area contributed by atoms with Gasteiger partial charge in [0, 0.05) is 6.04 Å². The molecular weight excluding hydrogens is 294 g/mol. The number of rotatable bonds is 8. The lowest BCUT2D eigenvalue weighted by Gasteiger charge is -2.29. The molecule has 0 bridgehead atoms. The quantitative estimate of drug-likeness (QED) is 0.608. The molecule has 1 aliphatic carbocycles. The molecule has 0 aliphatic heterocycles. The highest BCUT2D eigenvalue weighted by molar-refractivity contribution is 7.98. The molecule has 1 atom stereocenters. The van der Waals surface area contributed by atoms with Gasteiger partial charge in [0.05, 0.1) is 0 Å². The Morgan fingerprint density at radius 3 is 2.48 bits per heavy atom. The molecule has 120 valence electrons. The topological polar surface area (TPSA) is 113 Å². The molecule has 1 fully saturated rings. The third-order valence-electron chi connectivity index (χ3n) is 3.56. The van der Waals surface area contributed by atoms with Crippen LogP contribution in [0, 0.1) is 0 Å². The first kappa shape index (κ1) is 17.6. The summed E-state index contributed by atoms with van der Waals surface area (Å²) in [7, 11) is 0. The number of nitrogens with two attached hydrogens (primary N) is 1. The first-order valence-corrected chi connectivity index (χ1v) is 8.42. The lowest BCUT2D eigenvalue weighted by molar-refractivity contribution is -0.139. The number of primary amides is 1. The van der Waals surface area contributed by atoms with E-state index >= 15 is 0 Å². The number of carboxylic acids is 1. The Morgan fingerprint density at radius 2 is 2.00 bits per heavy atom. The minimum absolute atomic E-state index is 0.0347. The van der Waals surface area contributed by atoms with Crippen molar-refractivity contribution in [2.45, 2.75) is 44.2 Å². The normalized spacial score (nSPS) is 16.4. The van der Waals surface area contributed by atoms with Crippen LogP contribution in [0.1, 0.15) is 32.1 Å². The second kappa shape index (κ2) is 8.76. The third-order valence-corrected chi connectivity index (χ3v) is 4.20. The number of urea groups is 1. The van der Waals surface area contributed by atoms with Gasteiger partial charge in [-0.1, -0.05) is 12.8 Å². The Kier molecular flexibility index (Phi) is 7.35. The van der Waals surface area contributed by atoms with Crippen LogP contribution in [0.25, 0.3) is 0 Å². The summed E-state index contributed by atoms with van der Waals surface area (Å²) in [5.74, 6) is -1.02. The van der Waals surface area contributed by atoms with Crippen molar-refractivity contribution in [3.63, 3.8) is 0 Å². The van der Waals surface area contributed by atoms with Gasteiger partial charge < -0.3 is 21.1 Å². The molecule has 0 aromatic carbocycles. The van der Waals surface area contributed by atoms with Crippen LogP contribution >= 0.6 is 11.8 Å². The van der Waals surface area contributed by atoms with Crippen molar-refractivity contribution >= 4 is 29.7 Å². The van der Waals surface area contributed by atoms with Gasteiger partial charge in [-0.15, -0.1) is 0 Å². The summed E-state index contributed by atoms with van der Waals surface area (Å²) in [4.78, 5) is 36.0. The molecule has 0 saturated heterocycles. The summed E-state index contributed by atoms with van der Waals surface area (Å²) in [5.41, 5.74) is 5.19. The molecule has 3 amide bonds. The number of nitrogens with zero attached hydrogens (tertiary/aromatic N) is 1. The predicted molar refractivity (Wildman–Crippen MR) is 81.1 cm³/mol. The summed E-state index contributed by atoms with van der Waals surface area (Å²) < 4.78 is 0. The molecular formula is C13H23N3O4S. The molecule has 0 spiro atoms. The van der Waals surface area contributed by atoms with Gasteiger partial charge in [0.15, 0.2) is 0 Å². The van der Waals surface area contributed by atoms with E-state index in [0.29, 0.717) is 12.2 Å². The van der Waals surface area contributed by atoms with Gasteiger partial charge >= 0.3 is 12.0 Å². The Labute approximate surface area is 128 Å². The van der Waals surface area contributed by atoms with Crippen molar-refractivity contribution in [2.24, 2.45) is 5.73 Å². The minimum atomic E-state index is -1.07. The highest BCUT2D eigenvalue weighted by atomic mass is 32.2. The Bertz CT molecular complexity index is 386. The van der Waals surface area contributed by atoms with Crippen molar-refractivity contribution in [1.82, 2.24) is 10.2 Å². The summed E-state index contributed by atoms with van der Waals surface area (Å²) in [6.07, 6.45) is 5.87. The van der Waals surface area contributed by atoms with E-state index in [4.69, 9.17) is 10.8 Å². The van der Waals surface area contributed by atoms with Crippen molar-refractivity contribution < 1.29 is 19.5 Å². The van der Waals surface area contributed by atoms with Gasteiger partial charge in [0.1, 0.15) is 12.6 Å². The Morgan fingerprint density at radius 1 is 1.38 bits per heavy atom. The highest BCUT2D eigenvalue weighted by Gasteiger charge is 2.30. The second-order valence-corrected chi connectivity index (χ2v) is 6.14. The SMILES string of the molecule is CSCC[C@H](NC(=O)N(CC(N)=O)C1CCCC1)C(=O)O. The van der Waals surface area contributed by atoms with Crippen LogP contribution in [0.4, 0.5) is 4.79 Å². The highest BCUT2D eigenvalue weighted by Crippen LogP contribution is 2.23. The van der Waals surface area contributed by atoms with Crippen LogP contribution in [0.3, 0.4) is 0 Å². The van der Waals surface area contributed by atoms with Crippen LogP contribution in [-0.2, 0) is 9.59 Å². The maximum absolute atomic E-state index is 12.3. The van der Waals surface area contributed by atoms with Gasteiger partial charge in [-0.05, 0) is 31.3 Å². The molecule has 1 rings (SSSR count). The van der Waals surface area contributed by atoms with Crippen LogP contribution < -0.4 is 11.1 Å². The molecule has 0 radical (unpaired) electrons. The second-order valence-electron chi connectivity index (χ2n) is 5.15. The molecule has 7 nitrogen and oxygen atoms in total. The smallest absolute Gasteiger partial charge is 0.326 e. The Balaban J connectivity index is 2.68. The van der Waals surface area contributed by atoms with E-state index in [1.807, 2.05) is 6.26 Å². The summed E-state index contributed by atoms with van der Waals surface area (Å²) in [5, 5.41) is 11.6. The van der Waals surface area contributed by atoms with Gasteiger partial charge in [-0.2, -0.15) is 11.8 Å². The molecule has 0 unspecified atom stereocenters. The number of carbonyl (C=O) groups is 3. The summed E-state index contributed by atoms with van der Waals surface area (Å²) >= 11 is 1.52. The number of thioether (sulfide) groups is 1. The molecule has 0 heterocycles. The number of amides is 3. The first-order chi connectivity index (χ1) is 9.95. The van der Waals surface area contributed by atoms with Crippen LogP contribution in [0.2, 0.25) is 0 Å². The van der Waals surface area contributed by atoms with Crippen molar-refractivity contribution in [3.05, 3.63) is 0 Å². The van der Waals surface area contributed by atoms with E-state index < -0.39 is 23.9 Å². The zero-order valence-corrected chi connectivity index (χ0v) is 13.0. The first-order valence-electron chi connectivity index (χ1n) is 7.03. The van der Waals surface area contributed by atoms with Crippen molar-refractivity contribution in [3.8, 4) is 0 Å². The van der Waals surface area contributed by atoms with Gasteiger partial charge in [-0.3, -0.25) is 4.79 Å². The number of aliphatic carboxylic acids is 1. The lowest BCUT2D eigenvalue weighted by atomic mass is 10.2. The Hall–Kier alpha value is -1.44. The number of hydrogen-bond acceptors (Lipinski definition) is 4. The average molecular weight is 317 g/mol. The predicted octanol–water partition coefficient (Wildman–Crippen LogP) is 0.632. The molecule has 21 heavy (non-hydrogen) atoms. The molecule has 8 heteroatoms. The van der Waals surface area contributed by atoms with E-state index in [0.717, 1.165) is 25.7 Å². The van der Waals surface area contributed by atoms with Crippen LogP contribution in [0.5, 0.6) is 0 Å². The number of hydrogen-bond donors (Lipinski definition) is 3. The summed E-state index contributed by atoms with van der Waals surface area (Å²) in [6.45, 7) is -0.175. The van der Waals surface area contributed by atoms with Crippen molar-refractivity contribution in [1.29, 1.82) is 0 Å². The van der Waals surface area contributed by atoms with Gasteiger partial charge in [-0.25, -0.2) is 9.59 Å². The van der Waals surface area contributed by atoms with E-state index in [-0.39, 0.29) is 12.6 Å². The molecule has 1 aliphatic rings.